The van der Waals surface area contributed by atoms with Crippen LogP contribution in [0.15, 0.2) is 124 Å². The summed E-state index contributed by atoms with van der Waals surface area (Å²) < 4.78 is 11.6. The van der Waals surface area contributed by atoms with Gasteiger partial charge in [0.15, 0.2) is 11.5 Å². The molecule has 0 aliphatic carbocycles. The largest absolute Gasteiger partial charge is 0.451 e. The van der Waals surface area contributed by atoms with Crippen LogP contribution in [-0.2, 0) is 9.59 Å². The van der Waals surface area contributed by atoms with Gasteiger partial charge in [-0.1, -0.05) is 60.7 Å². The molecule has 12 nitrogen and oxygen atoms in total. The first-order valence-electron chi connectivity index (χ1n) is 18.3. The van der Waals surface area contributed by atoms with Crippen LogP contribution in [0.25, 0.3) is 44.5 Å². The zero-order valence-corrected chi connectivity index (χ0v) is 29.7. The number of furan rings is 2. The highest BCUT2D eigenvalue weighted by Crippen LogP contribution is 2.29. The van der Waals surface area contributed by atoms with E-state index >= 15 is 0 Å². The van der Waals surface area contributed by atoms with Crippen molar-refractivity contribution in [1.82, 2.24) is 20.0 Å². The lowest BCUT2D eigenvalue weighted by Gasteiger charge is -2.23. The molecule has 12 heteroatoms. The Morgan fingerprint density at radius 1 is 0.600 bits per heavy atom. The zero-order chi connectivity index (χ0) is 37.5. The van der Waals surface area contributed by atoms with Crippen LogP contribution in [0, 0.1) is 0 Å². The number of para-hydroxylation sites is 2. The molecule has 2 aliphatic rings. The lowest BCUT2D eigenvalue weighted by atomic mass is 10.1. The SMILES string of the molecule is O=C(Nc1ccc(-c2cc(-c3ccc(NC(=O)C4CCCN4C(=O)c4cc5ccccc5o4)cc3)[nH]n2)cc1)C1CCCN1C(=O)c1cc2ccccc2o1. The standard InChI is InChI=1S/C43H36N6O6/c50-40(34-9-5-21-48(34)42(52)38-23-28-7-1-3-11-36(28)54-38)44-30-17-13-26(14-18-30)32-25-33(47-46-32)27-15-19-31(20-16-27)45-41(51)35-10-6-22-49(35)43(53)39-24-29-8-2-4-12-37(29)55-39/h1-4,7-8,11-20,23-25,34-35H,5-6,9-10,21-22H2,(H,44,50)(H,45,51)(H,46,47). The van der Waals surface area contributed by atoms with E-state index in [0.29, 0.717) is 48.5 Å². The van der Waals surface area contributed by atoms with Gasteiger partial charge in [-0.25, -0.2) is 0 Å². The molecule has 3 N–H and O–H groups in total. The zero-order valence-electron chi connectivity index (χ0n) is 29.7. The molecule has 0 spiro atoms. The molecule has 2 saturated heterocycles. The Morgan fingerprint density at radius 3 is 1.56 bits per heavy atom. The molecule has 0 radical (unpaired) electrons. The van der Waals surface area contributed by atoms with Gasteiger partial charge < -0.3 is 29.3 Å². The van der Waals surface area contributed by atoms with Crippen molar-refractivity contribution in [3.05, 3.63) is 127 Å². The number of nitrogens with one attached hydrogen (secondary N) is 3. The van der Waals surface area contributed by atoms with E-state index in [-0.39, 0.29) is 35.1 Å². The van der Waals surface area contributed by atoms with Gasteiger partial charge in [0.1, 0.15) is 23.2 Å². The van der Waals surface area contributed by atoms with Crippen LogP contribution < -0.4 is 10.6 Å². The van der Waals surface area contributed by atoms with Gasteiger partial charge in [0.05, 0.1) is 11.4 Å². The highest BCUT2D eigenvalue weighted by Gasteiger charge is 2.37. The van der Waals surface area contributed by atoms with Crippen molar-refractivity contribution in [3.8, 4) is 22.5 Å². The topological polar surface area (TPSA) is 154 Å². The number of carbonyl (C=O) groups is 4. The minimum atomic E-state index is -0.593. The fourth-order valence-corrected chi connectivity index (χ4v) is 7.55. The van der Waals surface area contributed by atoms with Crippen molar-refractivity contribution < 1.29 is 28.0 Å². The molecule has 2 fully saturated rings. The highest BCUT2D eigenvalue weighted by molar-refractivity contribution is 6.03. The number of hydrogen-bond donors (Lipinski definition) is 3. The lowest BCUT2D eigenvalue weighted by Crippen LogP contribution is -2.43. The molecule has 0 saturated carbocycles. The Balaban J connectivity index is 0.808. The first kappa shape index (κ1) is 33.9. The second-order valence-electron chi connectivity index (χ2n) is 13.9. The molecule has 9 rings (SSSR count). The molecule has 2 atom stereocenters. The summed E-state index contributed by atoms with van der Waals surface area (Å²) in [6.45, 7) is 0.970. The molecule has 274 valence electrons. The predicted octanol–water partition coefficient (Wildman–Crippen LogP) is 7.72. The van der Waals surface area contributed by atoms with Crippen LogP contribution in [0.2, 0.25) is 0 Å². The molecule has 3 aromatic heterocycles. The number of fused-ring (bicyclic) bond motifs is 2. The van der Waals surface area contributed by atoms with E-state index in [0.717, 1.165) is 46.1 Å². The number of hydrogen-bond acceptors (Lipinski definition) is 7. The Labute approximate surface area is 315 Å². The van der Waals surface area contributed by atoms with E-state index in [2.05, 4.69) is 20.8 Å². The van der Waals surface area contributed by atoms with E-state index in [1.165, 1.54) is 0 Å². The number of aromatic amines is 1. The third-order valence-corrected chi connectivity index (χ3v) is 10.4. The van der Waals surface area contributed by atoms with Gasteiger partial charge in [-0.2, -0.15) is 5.10 Å². The van der Waals surface area contributed by atoms with Crippen molar-refractivity contribution in [1.29, 1.82) is 0 Å². The lowest BCUT2D eigenvalue weighted by molar-refractivity contribution is -0.120. The van der Waals surface area contributed by atoms with Gasteiger partial charge >= 0.3 is 0 Å². The maximum atomic E-state index is 13.3. The number of nitrogens with zero attached hydrogens (tertiary/aromatic N) is 3. The second-order valence-corrected chi connectivity index (χ2v) is 13.9. The number of likely N-dealkylation sites (tertiary alicyclic amines) is 2. The highest BCUT2D eigenvalue weighted by atomic mass is 16.4. The summed E-state index contributed by atoms with van der Waals surface area (Å²) in [7, 11) is 0. The quantitative estimate of drug-likeness (QED) is 0.145. The summed E-state index contributed by atoms with van der Waals surface area (Å²) in [5.74, 6) is -0.603. The van der Waals surface area contributed by atoms with Gasteiger partial charge in [0.2, 0.25) is 11.8 Å². The summed E-state index contributed by atoms with van der Waals surface area (Å²) >= 11 is 0. The predicted molar refractivity (Wildman–Crippen MR) is 207 cm³/mol. The minimum Gasteiger partial charge on any atom is -0.451 e. The average molecular weight is 733 g/mol. The molecule has 0 bridgehead atoms. The monoisotopic (exact) mass is 732 g/mol. The Kier molecular flexibility index (Phi) is 8.69. The normalized spacial score (nSPS) is 16.9. The maximum Gasteiger partial charge on any atom is 0.290 e. The molecular weight excluding hydrogens is 697 g/mol. The fourth-order valence-electron chi connectivity index (χ4n) is 7.55. The fraction of sp³-hybridized carbons (Fsp3) is 0.186. The number of rotatable bonds is 8. The van der Waals surface area contributed by atoms with E-state index in [1.807, 2.05) is 103 Å². The van der Waals surface area contributed by atoms with Crippen LogP contribution in [0.1, 0.15) is 46.8 Å². The van der Waals surface area contributed by atoms with E-state index in [1.54, 1.807) is 21.9 Å². The van der Waals surface area contributed by atoms with Crippen molar-refractivity contribution in [3.63, 3.8) is 0 Å². The van der Waals surface area contributed by atoms with E-state index in [4.69, 9.17) is 8.83 Å². The third kappa shape index (κ3) is 6.63. The molecule has 55 heavy (non-hydrogen) atoms. The van der Waals surface area contributed by atoms with Crippen molar-refractivity contribution in [2.75, 3.05) is 23.7 Å². The Hall–Kier alpha value is -6.95. The van der Waals surface area contributed by atoms with Crippen LogP contribution in [0.5, 0.6) is 0 Å². The van der Waals surface area contributed by atoms with Gasteiger partial charge in [-0.05, 0) is 85.8 Å². The van der Waals surface area contributed by atoms with Gasteiger partial charge in [0, 0.05) is 40.8 Å². The number of carbonyl (C=O) groups excluding carboxylic acids is 4. The minimum absolute atomic E-state index is 0.229. The van der Waals surface area contributed by atoms with Gasteiger partial charge in [0.25, 0.3) is 11.8 Å². The summed E-state index contributed by atoms with van der Waals surface area (Å²) in [5, 5.41) is 15.2. The van der Waals surface area contributed by atoms with Crippen LogP contribution in [0.4, 0.5) is 11.4 Å². The average Bonchev–Trinajstić information content (AvgIpc) is 4.07. The number of amides is 4. The molecular formula is C43H36N6O6. The summed E-state index contributed by atoms with van der Waals surface area (Å²) in [4.78, 5) is 56.4. The molecule has 2 aliphatic heterocycles. The first-order valence-corrected chi connectivity index (χ1v) is 18.3. The molecule has 4 aromatic carbocycles. The van der Waals surface area contributed by atoms with E-state index < -0.39 is 12.1 Å². The summed E-state index contributed by atoms with van der Waals surface area (Å²) in [6, 6.07) is 33.9. The summed E-state index contributed by atoms with van der Waals surface area (Å²) in [5.41, 5.74) is 5.75. The maximum absolute atomic E-state index is 13.3. The Morgan fingerprint density at radius 2 is 1.07 bits per heavy atom. The van der Waals surface area contributed by atoms with Crippen molar-refractivity contribution >= 4 is 56.9 Å². The molecule has 7 aromatic rings. The van der Waals surface area contributed by atoms with Crippen LogP contribution in [-0.4, -0.2) is 68.8 Å². The van der Waals surface area contributed by atoms with Crippen LogP contribution >= 0.6 is 0 Å². The van der Waals surface area contributed by atoms with Crippen LogP contribution in [0.3, 0.4) is 0 Å². The molecule has 4 amide bonds. The Bertz CT molecular complexity index is 2330. The van der Waals surface area contributed by atoms with Crippen molar-refractivity contribution in [2.24, 2.45) is 0 Å². The molecule has 5 heterocycles. The number of H-pyrrole nitrogens is 1. The second kappa shape index (κ2) is 14.1. The third-order valence-electron chi connectivity index (χ3n) is 10.4. The van der Waals surface area contributed by atoms with Gasteiger partial charge in [-0.15, -0.1) is 0 Å². The first-order chi connectivity index (χ1) is 26.9. The van der Waals surface area contributed by atoms with E-state index in [9.17, 15) is 19.2 Å². The summed E-state index contributed by atoms with van der Waals surface area (Å²) in [6.07, 6.45) is 2.61. The number of anilines is 2. The number of aromatic nitrogens is 2. The molecule has 2 unspecified atom stereocenters. The van der Waals surface area contributed by atoms with Crippen molar-refractivity contribution in [2.45, 2.75) is 37.8 Å². The van der Waals surface area contributed by atoms with Gasteiger partial charge in [-0.3, -0.25) is 24.3 Å². The number of benzene rings is 4. The smallest absolute Gasteiger partial charge is 0.290 e.